The van der Waals surface area contributed by atoms with Gasteiger partial charge in [0.2, 0.25) is 5.43 Å². The molecule has 25 heavy (non-hydrogen) atoms. The number of hydrogen-bond acceptors (Lipinski definition) is 3. The highest BCUT2D eigenvalue weighted by molar-refractivity contribution is 5.94. The third kappa shape index (κ3) is 2.93. The summed E-state index contributed by atoms with van der Waals surface area (Å²) in [6.45, 7) is 2.93. The van der Waals surface area contributed by atoms with E-state index in [1.807, 2.05) is 0 Å². The number of rotatable bonds is 4. The van der Waals surface area contributed by atoms with Gasteiger partial charge >= 0.3 is 5.97 Å². The topological polar surface area (TPSA) is 53.2 Å². The van der Waals surface area contributed by atoms with Crippen molar-refractivity contribution in [3.05, 3.63) is 64.5 Å². The maximum absolute atomic E-state index is 14.5. The zero-order valence-electron chi connectivity index (χ0n) is 13.7. The van der Waals surface area contributed by atoms with E-state index in [1.54, 1.807) is 31.5 Å². The average Bonchev–Trinajstić information content (AvgIpc) is 3.09. The lowest BCUT2D eigenvalue weighted by atomic mass is 10.1. The SMILES string of the molecule is CCOC(=O)c1cn(C(C)F)c2cc(-n3cccc3)c(F)cc2c1=O. The molecule has 1 aromatic carbocycles. The number of halogens is 2. The molecule has 130 valence electrons. The van der Waals surface area contributed by atoms with Crippen LogP contribution in [-0.2, 0) is 4.74 Å². The molecule has 5 nitrogen and oxygen atoms in total. The van der Waals surface area contributed by atoms with Gasteiger partial charge in [-0.25, -0.2) is 13.6 Å². The standard InChI is InChI=1S/C18H16F2N2O3/c1-3-25-18(24)13-10-22(11(2)19)15-9-16(21-6-4-5-7-21)14(20)8-12(15)17(13)23/h4-11H,3H2,1-2H3. The van der Waals surface area contributed by atoms with Crippen LogP contribution in [0, 0.1) is 5.82 Å². The van der Waals surface area contributed by atoms with Crippen LogP contribution in [0.25, 0.3) is 16.6 Å². The van der Waals surface area contributed by atoms with Crippen molar-refractivity contribution in [2.24, 2.45) is 0 Å². The first-order chi connectivity index (χ1) is 11.9. The van der Waals surface area contributed by atoms with Gasteiger partial charge in [0.05, 0.1) is 17.8 Å². The molecule has 0 N–H and O–H groups in total. The summed E-state index contributed by atoms with van der Waals surface area (Å²) in [5.74, 6) is -1.52. The summed E-state index contributed by atoms with van der Waals surface area (Å²) in [4.78, 5) is 24.5. The number of carbonyl (C=O) groups excluding carboxylic acids is 1. The molecule has 0 spiro atoms. The quantitative estimate of drug-likeness (QED) is 0.678. The summed E-state index contributed by atoms with van der Waals surface area (Å²) in [6, 6.07) is 5.85. The maximum atomic E-state index is 14.5. The fourth-order valence-electron chi connectivity index (χ4n) is 2.70. The van der Waals surface area contributed by atoms with Crippen LogP contribution in [0.15, 0.2) is 47.7 Å². The van der Waals surface area contributed by atoms with Gasteiger partial charge in [0.15, 0.2) is 6.30 Å². The van der Waals surface area contributed by atoms with Gasteiger partial charge in [-0.1, -0.05) is 0 Å². The van der Waals surface area contributed by atoms with Crippen molar-refractivity contribution in [2.75, 3.05) is 6.61 Å². The highest BCUT2D eigenvalue weighted by Crippen LogP contribution is 2.24. The first kappa shape index (κ1) is 16.9. The molecule has 3 rings (SSSR count). The molecule has 0 amide bonds. The molecule has 2 heterocycles. The van der Waals surface area contributed by atoms with Crippen LogP contribution in [0.2, 0.25) is 0 Å². The number of ether oxygens (including phenoxy) is 1. The molecule has 0 aliphatic carbocycles. The molecule has 0 saturated carbocycles. The molecular weight excluding hydrogens is 330 g/mol. The molecule has 0 fully saturated rings. The van der Waals surface area contributed by atoms with Gasteiger partial charge in [0.1, 0.15) is 11.4 Å². The zero-order chi connectivity index (χ0) is 18.1. The minimum atomic E-state index is -1.53. The van der Waals surface area contributed by atoms with Crippen molar-refractivity contribution in [1.29, 1.82) is 0 Å². The predicted octanol–water partition coefficient (Wildman–Crippen LogP) is 3.60. The molecule has 0 radical (unpaired) electrons. The normalized spacial score (nSPS) is 12.3. The van der Waals surface area contributed by atoms with Gasteiger partial charge in [-0.05, 0) is 38.1 Å². The van der Waals surface area contributed by atoms with Crippen LogP contribution < -0.4 is 5.43 Å². The molecule has 0 aliphatic rings. The van der Waals surface area contributed by atoms with Gasteiger partial charge in [0.25, 0.3) is 0 Å². The summed E-state index contributed by atoms with van der Waals surface area (Å²) >= 11 is 0. The van der Waals surface area contributed by atoms with Gasteiger partial charge in [0, 0.05) is 24.0 Å². The molecule has 1 unspecified atom stereocenters. The van der Waals surface area contributed by atoms with E-state index in [9.17, 15) is 18.4 Å². The smallest absolute Gasteiger partial charge is 0.343 e. The summed E-state index contributed by atoms with van der Waals surface area (Å²) < 4.78 is 36.1. The van der Waals surface area contributed by atoms with E-state index in [4.69, 9.17) is 4.74 Å². The number of nitrogens with zero attached hydrogens (tertiary/aromatic N) is 2. The van der Waals surface area contributed by atoms with Crippen molar-refractivity contribution in [3.63, 3.8) is 0 Å². The number of carbonyl (C=O) groups is 1. The van der Waals surface area contributed by atoms with E-state index >= 15 is 0 Å². The lowest BCUT2D eigenvalue weighted by molar-refractivity contribution is 0.0523. The van der Waals surface area contributed by atoms with Gasteiger partial charge in [-0.3, -0.25) is 4.79 Å². The van der Waals surface area contributed by atoms with Crippen molar-refractivity contribution < 1.29 is 18.3 Å². The first-order valence-electron chi connectivity index (χ1n) is 7.77. The van der Waals surface area contributed by atoms with Crippen LogP contribution in [0.4, 0.5) is 8.78 Å². The molecule has 7 heteroatoms. The number of alkyl halides is 1. The van der Waals surface area contributed by atoms with E-state index in [0.29, 0.717) is 0 Å². The second kappa shape index (κ2) is 6.51. The Balaban J connectivity index is 2.34. The molecule has 1 atom stereocenters. The Labute approximate surface area is 142 Å². The lowest BCUT2D eigenvalue weighted by Gasteiger charge is -2.16. The lowest BCUT2D eigenvalue weighted by Crippen LogP contribution is -2.21. The molecule has 0 aliphatic heterocycles. The van der Waals surface area contributed by atoms with Crippen LogP contribution in [0.1, 0.15) is 30.5 Å². The van der Waals surface area contributed by atoms with E-state index in [0.717, 1.165) is 16.8 Å². The second-order valence-corrected chi connectivity index (χ2v) is 5.48. The predicted molar refractivity (Wildman–Crippen MR) is 89.3 cm³/mol. The van der Waals surface area contributed by atoms with E-state index in [1.165, 1.54) is 17.6 Å². The van der Waals surface area contributed by atoms with Crippen LogP contribution in [-0.4, -0.2) is 21.7 Å². The minimum Gasteiger partial charge on any atom is -0.462 e. The summed E-state index contributed by atoms with van der Waals surface area (Å²) in [6.07, 6.45) is 2.86. The number of benzene rings is 1. The van der Waals surface area contributed by atoms with Crippen molar-refractivity contribution in [3.8, 4) is 5.69 Å². The highest BCUT2D eigenvalue weighted by atomic mass is 19.1. The minimum absolute atomic E-state index is 0.0718. The number of esters is 1. The maximum Gasteiger partial charge on any atom is 0.343 e. The average molecular weight is 346 g/mol. The van der Waals surface area contributed by atoms with Crippen LogP contribution >= 0.6 is 0 Å². The highest BCUT2D eigenvalue weighted by Gasteiger charge is 2.20. The van der Waals surface area contributed by atoms with Gasteiger partial charge in [-0.15, -0.1) is 0 Å². The molecule has 3 aromatic rings. The monoisotopic (exact) mass is 346 g/mol. The second-order valence-electron chi connectivity index (χ2n) is 5.48. The fourth-order valence-corrected chi connectivity index (χ4v) is 2.70. The Morgan fingerprint density at radius 2 is 1.96 bits per heavy atom. The van der Waals surface area contributed by atoms with Crippen LogP contribution in [0.5, 0.6) is 0 Å². The van der Waals surface area contributed by atoms with Crippen molar-refractivity contribution >= 4 is 16.9 Å². The molecule has 0 bridgehead atoms. The summed E-state index contributed by atoms with van der Waals surface area (Å²) in [5.41, 5.74) is -0.649. The van der Waals surface area contributed by atoms with Crippen LogP contribution in [0.3, 0.4) is 0 Å². The summed E-state index contributed by atoms with van der Waals surface area (Å²) in [5, 5.41) is -0.0801. The molecular formula is C18H16F2N2O3. The Morgan fingerprint density at radius 3 is 2.56 bits per heavy atom. The number of hydrogen-bond donors (Lipinski definition) is 0. The van der Waals surface area contributed by atoms with Crippen molar-refractivity contribution in [2.45, 2.75) is 20.1 Å². The third-order valence-electron chi connectivity index (χ3n) is 3.86. The largest absolute Gasteiger partial charge is 0.462 e. The van der Waals surface area contributed by atoms with Gasteiger partial charge < -0.3 is 13.9 Å². The Bertz CT molecular complexity index is 992. The Kier molecular flexibility index (Phi) is 4.39. The Hall–Kier alpha value is -2.96. The number of aromatic nitrogens is 2. The summed E-state index contributed by atoms with van der Waals surface area (Å²) in [7, 11) is 0. The third-order valence-corrected chi connectivity index (χ3v) is 3.86. The first-order valence-corrected chi connectivity index (χ1v) is 7.77. The van der Waals surface area contributed by atoms with Crippen molar-refractivity contribution in [1.82, 2.24) is 9.13 Å². The Morgan fingerprint density at radius 1 is 1.28 bits per heavy atom. The number of pyridine rings is 1. The number of fused-ring (bicyclic) bond motifs is 1. The molecule has 0 saturated heterocycles. The fraction of sp³-hybridized carbons (Fsp3) is 0.222. The van der Waals surface area contributed by atoms with E-state index in [2.05, 4.69) is 0 Å². The zero-order valence-corrected chi connectivity index (χ0v) is 13.7. The van der Waals surface area contributed by atoms with E-state index in [-0.39, 0.29) is 28.8 Å². The van der Waals surface area contributed by atoms with E-state index < -0.39 is 23.5 Å². The molecule has 2 aromatic heterocycles. The van der Waals surface area contributed by atoms with Gasteiger partial charge in [-0.2, -0.15) is 0 Å².